The van der Waals surface area contributed by atoms with Crippen molar-refractivity contribution >= 4 is 17.4 Å². The number of hydrogen-bond acceptors (Lipinski definition) is 4. The van der Waals surface area contributed by atoms with Crippen LogP contribution in [0.5, 0.6) is 0 Å². The van der Waals surface area contributed by atoms with E-state index in [-0.39, 0.29) is 82.0 Å². The van der Waals surface area contributed by atoms with E-state index in [1.807, 2.05) is 0 Å². The van der Waals surface area contributed by atoms with Gasteiger partial charge in [-0.1, -0.05) is 0 Å². The Kier molecular flexibility index (Phi) is 97.1. The van der Waals surface area contributed by atoms with E-state index in [9.17, 15) is 0 Å². The zero-order chi connectivity index (χ0) is 3.58. The molecule has 38 valence electrons. The van der Waals surface area contributed by atoms with E-state index in [1.165, 1.54) is 0 Å². The molecule has 0 fully saturated rings. The van der Waals surface area contributed by atoms with Gasteiger partial charge < -0.3 is 20.8 Å². The van der Waals surface area contributed by atoms with Crippen molar-refractivity contribution in [3.63, 3.8) is 0 Å². The average Bonchev–Trinajstić information content (AvgIpc) is 0.811. The Morgan fingerprint density at radius 3 is 1.12 bits per heavy atom. The topological polar surface area (TPSA) is 96.2 Å². The van der Waals surface area contributed by atoms with Gasteiger partial charge in [0.15, 0.2) is 17.4 Å². The molecule has 0 unspecified atom stereocenters. The molecular weight excluding hydrogens is 151 g/mol. The van der Waals surface area contributed by atoms with Crippen LogP contribution in [0.4, 0.5) is 0 Å². The number of hydrogen-bond donors (Lipinski definition) is 0. The Hall–Kier alpha value is 1.69. The van der Waals surface area contributed by atoms with Gasteiger partial charge in [0.2, 0.25) is 0 Å². The van der Waals surface area contributed by atoms with Gasteiger partial charge >= 0.3 is 59.1 Å². The minimum atomic E-state index is -1.75. The molecule has 1 N–H and O–H groups in total. The van der Waals surface area contributed by atoms with Crippen LogP contribution in [-0.2, 0) is 0 Å². The Morgan fingerprint density at radius 1 is 1.12 bits per heavy atom. The first-order chi connectivity index (χ1) is 1.73. The van der Waals surface area contributed by atoms with Gasteiger partial charge in [0.05, 0.1) is 5.09 Å². The Labute approximate surface area is 101 Å². The molecule has 0 aliphatic heterocycles. The van der Waals surface area contributed by atoms with Gasteiger partial charge in [-0.05, 0) is 0 Å². The summed E-state index contributed by atoms with van der Waals surface area (Å²) in [5.41, 5.74) is 0. The summed E-state index contributed by atoms with van der Waals surface area (Å²) in [4.78, 5) is 8.25. The molecule has 0 heterocycles. The monoisotopic (exact) mass is 155 g/mol. The molecule has 5 nitrogen and oxygen atoms in total. The van der Waals surface area contributed by atoms with Crippen molar-refractivity contribution in [3.8, 4) is 0 Å². The van der Waals surface area contributed by atoms with E-state index < -0.39 is 5.09 Å². The third-order valence-electron chi connectivity index (χ3n) is 0. The number of nitrogens with zero attached hydrogens (tertiary/aromatic N) is 1. The predicted molar refractivity (Wildman–Crippen MR) is 22.2 cm³/mol. The van der Waals surface area contributed by atoms with Crippen LogP contribution in [0, 0.1) is 15.3 Å². The Balaban J connectivity index is -0.00000000750. The molecule has 0 amide bonds. The molecule has 0 saturated heterocycles. The van der Waals surface area contributed by atoms with Crippen molar-refractivity contribution in [2.24, 2.45) is 0 Å². The molecule has 0 aromatic heterocycles. The van der Waals surface area contributed by atoms with E-state index in [0.717, 1.165) is 0 Å². The SMILES string of the molecule is O=[N+]([O-])[O-].[AlH3].[Na+].[Na+].[OH-]. The van der Waals surface area contributed by atoms with Crippen molar-refractivity contribution in [2.45, 2.75) is 0 Å². The van der Waals surface area contributed by atoms with E-state index in [2.05, 4.69) is 0 Å². The van der Waals surface area contributed by atoms with Crippen LogP contribution in [0.25, 0.3) is 0 Å². The van der Waals surface area contributed by atoms with Crippen LogP contribution in [0.15, 0.2) is 0 Å². The third kappa shape index (κ3) is 120. The minimum Gasteiger partial charge on any atom is -0.870 e. The largest absolute Gasteiger partial charge is 1.00 e. The molecule has 0 aromatic rings. The molecule has 0 rings (SSSR count). The van der Waals surface area contributed by atoms with Crippen molar-refractivity contribution in [1.29, 1.82) is 0 Å². The standard InChI is InChI=1S/Al.NO3.2Na.H2O.3H/c;2-1(3)4;;;;;;/h;;;;1H2;;;/q;-1;2*+1;;;;/p-1. The molecule has 0 aliphatic rings. The summed E-state index contributed by atoms with van der Waals surface area (Å²) in [6.45, 7) is 0. The van der Waals surface area contributed by atoms with E-state index >= 15 is 0 Å². The summed E-state index contributed by atoms with van der Waals surface area (Å²) >= 11 is 0. The third-order valence-corrected chi connectivity index (χ3v) is 0. The maximum absolute atomic E-state index is 8.25. The zero-order valence-electron chi connectivity index (χ0n) is 4.12. The maximum Gasteiger partial charge on any atom is 1.00 e. The summed E-state index contributed by atoms with van der Waals surface area (Å²) in [5, 5.41) is 14.8. The molecule has 0 atom stereocenters. The second kappa shape index (κ2) is 23.4. The molecule has 8 heavy (non-hydrogen) atoms. The van der Waals surface area contributed by atoms with Crippen LogP contribution < -0.4 is 59.1 Å². The van der Waals surface area contributed by atoms with Crippen molar-refractivity contribution in [3.05, 3.63) is 15.3 Å². The number of rotatable bonds is 0. The van der Waals surface area contributed by atoms with Gasteiger partial charge in [-0.25, -0.2) is 0 Å². The van der Waals surface area contributed by atoms with Crippen LogP contribution in [0.3, 0.4) is 0 Å². The van der Waals surface area contributed by atoms with Crippen molar-refractivity contribution < 1.29 is 69.7 Å². The van der Waals surface area contributed by atoms with E-state index in [0.29, 0.717) is 0 Å². The van der Waals surface area contributed by atoms with Gasteiger partial charge in [-0.15, -0.1) is 0 Å². The van der Waals surface area contributed by atoms with E-state index in [1.54, 1.807) is 0 Å². The second-order valence-corrected chi connectivity index (χ2v) is 0.224. The average molecular weight is 155 g/mol. The zero-order valence-corrected chi connectivity index (χ0v) is 8.12. The first-order valence-corrected chi connectivity index (χ1v) is 0.548. The van der Waals surface area contributed by atoms with Gasteiger partial charge in [0.25, 0.3) is 0 Å². The molecule has 0 bridgehead atoms. The van der Waals surface area contributed by atoms with Crippen molar-refractivity contribution in [1.82, 2.24) is 0 Å². The quantitative estimate of drug-likeness (QED) is 0.197. The first-order valence-electron chi connectivity index (χ1n) is 0.548. The molecule has 0 radical (unpaired) electrons. The van der Waals surface area contributed by atoms with Gasteiger partial charge in [-0.2, -0.15) is 0 Å². The summed E-state index contributed by atoms with van der Waals surface area (Å²) < 4.78 is 0. The van der Waals surface area contributed by atoms with Gasteiger partial charge in [-0.3, -0.25) is 0 Å². The summed E-state index contributed by atoms with van der Waals surface area (Å²) in [7, 11) is 0. The molecule has 0 aromatic carbocycles. The Bertz CT molecular complexity index is 37.0. The van der Waals surface area contributed by atoms with Gasteiger partial charge in [0, 0.05) is 0 Å². The van der Waals surface area contributed by atoms with Crippen LogP contribution in [0.2, 0.25) is 0 Å². The fourth-order valence-electron chi connectivity index (χ4n) is 0. The van der Waals surface area contributed by atoms with Crippen molar-refractivity contribution in [2.75, 3.05) is 0 Å². The second-order valence-electron chi connectivity index (χ2n) is 0.224. The Morgan fingerprint density at radius 2 is 1.12 bits per heavy atom. The molecular formula is H4AlNNa2O4. The van der Waals surface area contributed by atoms with E-state index in [4.69, 9.17) is 15.3 Å². The predicted octanol–water partition coefficient (Wildman–Crippen LogP) is -7.59. The fraction of sp³-hybridized carbons (Fsp3) is 0. The normalized spacial score (nSPS) is 3.00. The molecule has 8 heteroatoms. The summed E-state index contributed by atoms with van der Waals surface area (Å²) in [5.74, 6) is 0. The van der Waals surface area contributed by atoms with Gasteiger partial charge in [0.1, 0.15) is 0 Å². The molecule has 0 saturated carbocycles. The fourth-order valence-corrected chi connectivity index (χ4v) is 0. The van der Waals surface area contributed by atoms with Crippen LogP contribution in [0.1, 0.15) is 0 Å². The minimum absolute atomic E-state index is 0. The molecule has 0 spiro atoms. The summed E-state index contributed by atoms with van der Waals surface area (Å²) in [6.07, 6.45) is 0. The van der Waals surface area contributed by atoms with Crippen LogP contribution in [-0.4, -0.2) is 27.9 Å². The smallest absolute Gasteiger partial charge is 0.870 e. The maximum atomic E-state index is 8.25. The summed E-state index contributed by atoms with van der Waals surface area (Å²) in [6, 6.07) is 0. The molecule has 0 aliphatic carbocycles. The first kappa shape index (κ1) is 33.3. The van der Waals surface area contributed by atoms with Crippen LogP contribution >= 0.6 is 0 Å².